The number of para-hydroxylation sites is 2. The number of allylic oxidation sites excluding steroid dienone is 1. The number of Topliss-reactive ketones (excluding diaryl/α,β-unsaturated/α-hetero) is 2. The highest BCUT2D eigenvalue weighted by Gasteiger charge is 2.34. The third-order valence-electron chi connectivity index (χ3n) is 6.87. The summed E-state index contributed by atoms with van der Waals surface area (Å²) in [6.07, 6.45) is 1.61. The summed E-state index contributed by atoms with van der Waals surface area (Å²) in [5.41, 5.74) is 4.31. The summed E-state index contributed by atoms with van der Waals surface area (Å²) >= 11 is 12.3. The molecule has 0 atom stereocenters. The van der Waals surface area contributed by atoms with Gasteiger partial charge in [-0.3, -0.25) is 14.2 Å². The minimum atomic E-state index is -0.385. The highest BCUT2D eigenvalue weighted by molar-refractivity contribution is 6.46. The van der Waals surface area contributed by atoms with E-state index in [-0.39, 0.29) is 38.3 Å². The normalized spacial score (nSPS) is 13.2. The number of aryl methyl sites for hydroxylation is 1. The van der Waals surface area contributed by atoms with Gasteiger partial charge in [0.25, 0.3) is 0 Å². The van der Waals surface area contributed by atoms with Crippen LogP contribution in [0.1, 0.15) is 26.4 Å². The number of benzene rings is 3. The summed E-state index contributed by atoms with van der Waals surface area (Å²) in [6, 6.07) is 24.3. The number of carbonyl (C=O) groups excluding carboxylic acids is 2. The number of hydrogen-bond donors (Lipinski definition) is 0. The second-order valence-corrected chi connectivity index (χ2v) is 9.93. The first-order valence-corrected chi connectivity index (χ1v) is 12.6. The summed E-state index contributed by atoms with van der Waals surface area (Å²) in [7, 11) is 1.91. The molecule has 0 N–H and O–H groups in total. The van der Waals surface area contributed by atoms with E-state index in [9.17, 15) is 9.59 Å². The van der Waals surface area contributed by atoms with Crippen molar-refractivity contribution in [2.75, 3.05) is 0 Å². The van der Waals surface area contributed by atoms with Crippen molar-refractivity contribution in [3.05, 3.63) is 111 Å². The van der Waals surface area contributed by atoms with Crippen molar-refractivity contribution in [3.8, 4) is 17.3 Å². The Hall–Kier alpha value is -4.39. The average molecular weight is 538 g/mol. The van der Waals surface area contributed by atoms with Gasteiger partial charge in [-0.15, -0.1) is 0 Å². The predicted octanol–water partition coefficient (Wildman–Crippen LogP) is 7.55. The molecule has 184 valence electrons. The van der Waals surface area contributed by atoms with E-state index in [1.54, 1.807) is 6.08 Å². The van der Waals surface area contributed by atoms with Crippen LogP contribution in [0.2, 0.25) is 10.0 Å². The van der Waals surface area contributed by atoms with Gasteiger partial charge in [-0.05, 0) is 48.5 Å². The van der Waals surface area contributed by atoms with Crippen LogP contribution in [0.25, 0.3) is 45.5 Å². The van der Waals surface area contributed by atoms with E-state index in [1.807, 2.05) is 82.9 Å². The molecule has 0 spiro atoms. The number of rotatable bonds is 3. The zero-order valence-electron chi connectivity index (χ0n) is 19.9. The number of halogens is 2. The summed E-state index contributed by atoms with van der Waals surface area (Å²) in [5.74, 6) is 0.545. The molecule has 7 rings (SSSR count). The number of ketones is 2. The number of hydrogen-bond acceptors (Lipinski definition) is 4. The minimum absolute atomic E-state index is 0.0517. The van der Waals surface area contributed by atoms with Gasteiger partial charge in [0.15, 0.2) is 28.8 Å². The zero-order chi connectivity index (χ0) is 26.1. The van der Waals surface area contributed by atoms with E-state index >= 15 is 0 Å². The van der Waals surface area contributed by atoms with Gasteiger partial charge in [-0.25, -0.2) is 4.98 Å². The van der Waals surface area contributed by atoms with Crippen LogP contribution < -0.4 is 0 Å². The van der Waals surface area contributed by atoms with E-state index in [2.05, 4.69) is 0 Å². The third-order valence-corrected chi connectivity index (χ3v) is 7.59. The van der Waals surface area contributed by atoms with Crippen molar-refractivity contribution < 1.29 is 14.0 Å². The minimum Gasteiger partial charge on any atom is -0.453 e. The van der Waals surface area contributed by atoms with Crippen molar-refractivity contribution in [2.24, 2.45) is 7.05 Å². The lowest BCUT2D eigenvalue weighted by molar-refractivity contribution is 0.0990. The Labute approximate surface area is 226 Å². The molecule has 38 heavy (non-hydrogen) atoms. The van der Waals surface area contributed by atoms with Crippen molar-refractivity contribution in [1.29, 1.82) is 0 Å². The summed E-state index contributed by atoms with van der Waals surface area (Å²) in [5, 5.41) is 1.45. The molecule has 3 heterocycles. The highest BCUT2D eigenvalue weighted by Crippen LogP contribution is 2.36. The van der Waals surface area contributed by atoms with Gasteiger partial charge in [-0.2, -0.15) is 0 Å². The van der Waals surface area contributed by atoms with Crippen LogP contribution in [-0.4, -0.2) is 25.7 Å². The maximum atomic E-state index is 13.2. The third kappa shape index (κ3) is 3.31. The van der Waals surface area contributed by atoms with Crippen LogP contribution in [0.3, 0.4) is 0 Å². The first-order valence-electron chi connectivity index (χ1n) is 11.8. The molecule has 0 bridgehead atoms. The maximum absolute atomic E-state index is 13.2. The van der Waals surface area contributed by atoms with Crippen LogP contribution >= 0.6 is 23.2 Å². The zero-order valence-corrected chi connectivity index (χ0v) is 21.4. The monoisotopic (exact) mass is 537 g/mol. The van der Waals surface area contributed by atoms with E-state index < -0.39 is 0 Å². The first kappa shape index (κ1) is 22.8. The van der Waals surface area contributed by atoms with Crippen LogP contribution in [0, 0.1) is 0 Å². The molecule has 6 nitrogen and oxygen atoms in total. The molecule has 1 aliphatic carbocycles. The van der Waals surface area contributed by atoms with Gasteiger partial charge < -0.3 is 8.98 Å². The number of aromatic nitrogens is 3. The second-order valence-electron chi connectivity index (χ2n) is 9.12. The highest BCUT2D eigenvalue weighted by atomic mass is 35.5. The largest absolute Gasteiger partial charge is 0.453 e. The van der Waals surface area contributed by atoms with E-state index in [0.29, 0.717) is 22.9 Å². The molecule has 3 aromatic heterocycles. The molecule has 0 fully saturated rings. The van der Waals surface area contributed by atoms with E-state index in [0.717, 1.165) is 22.2 Å². The molecule has 6 aromatic rings. The molecule has 0 saturated carbocycles. The van der Waals surface area contributed by atoms with Crippen molar-refractivity contribution in [1.82, 2.24) is 14.1 Å². The van der Waals surface area contributed by atoms with Gasteiger partial charge >= 0.3 is 0 Å². The molecule has 1 aliphatic rings. The standard InChI is InChI=1S/C30H17Cl2N3O3/c1-34-24-13-18(12-21-27(36)19-14-22(31)23(32)15-20(19)28(21)37)35(17-8-3-2-4-9-17)29(24)33-30(34)26-11-16-7-5-6-10-25(16)38-26/h2-15H,1H3. The number of furan rings is 1. The molecule has 8 heteroatoms. The molecule has 0 radical (unpaired) electrons. The lowest BCUT2D eigenvalue weighted by Gasteiger charge is -2.07. The number of imidazole rings is 1. The smallest absolute Gasteiger partial charge is 0.197 e. The molecular formula is C30H17Cl2N3O3. The van der Waals surface area contributed by atoms with Crippen molar-refractivity contribution >= 4 is 63.0 Å². The number of fused-ring (bicyclic) bond motifs is 3. The fourth-order valence-electron chi connectivity index (χ4n) is 5.01. The van der Waals surface area contributed by atoms with Crippen LogP contribution in [0.15, 0.2) is 88.9 Å². The van der Waals surface area contributed by atoms with Crippen LogP contribution in [0.5, 0.6) is 0 Å². The van der Waals surface area contributed by atoms with Crippen molar-refractivity contribution in [2.45, 2.75) is 0 Å². The average Bonchev–Trinajstić information content (AvgIpc) is 3.64. The molecule has 3 aromatic carbocycles. The van der Waals surface area contributed by atoms with Crippen LogP contribution in [-0.2, 0) is 7.05 Å². The van der Waals surface area contributed by atoms with Gasteiger partial charge in [0.1, 0.15) is 5.58 Å². The van der Waals surface area contributed by atoms with Gasteiger partial charge in [0.05, 0.1) is 26.8 Å². The van der Waals surface area contributed by atoms with Gasteiger partial charge in [0.2, 0.25) is 0 Å². The fourth-order valence-corrected chi connectivity index (χ4v) is 5.34. The maximum Gasteiger partial charge on any atom is 0.197 e. The number of nitrogens with zero attached hydrogens (tertiary/aromatic N) is 3. The summed E-state index contributed by atoms with van der Waals surface area (Å²) < 4.78 is 9.96. The lowest BCUT2D eigenvalue weighted by atomic mass is 10.1. The summed E-state index contributed by atoms with van der Waals surface area (Å²) in [4.78, 5) is 31.4. The van der Waals surface area contributed by atoms with Crippen molar-refractivity contribution in [3.63, 3.8) is 0 Å². The van der Waals surface area contributed by atoms with Gasteiger partial charge in [0, 0.05) is 29.2 Å². The Balaban J connectivity index is 1.43. The Kier molecular flexibility index (Phi) is 4.98. The summed E-state index contributed by atoms with van der Waals surface area (Å²) in [6.45, 7) is 0. The quantitative estimate of drug-likeness (QED) is 0.172. The topological polar surface area (TPSA) is 70.0 Å². The molecule has 0 aliphatic heterocycles. The molecule has 0 amide bonds. The van der Waals surface area contributed by atoms with Crippen LogP contribution in [0.4, 0.5) is 0 Å². The molecule has 0 unspecified atom stereocenters. The Morgan fingerprint density at radius 2 is 1.50 bits per heavy atom. The Morgan fingerprint density at radius 1 is 0.842 bits per heavy atom. The Morgan fingerprint density at radius 3 is 2.18 bits per heavy atom. The van der Waals surface area contributed by atoms with E-state index in [1.165, 1.54) is 12.1 Å². The SMILES string of the molecule is Cn1c(-c2cc3ccccc3o2)nc2c1cc(C=C1C(=O)c3cc(Cl)c(Cl)cc3C1=O)n2-c1ccccc1. The fraction of sp³-hybridized carbons (Fsp3) is 0.0333. The van der Waals surface area contributed by atoms with Gasteiger partial charge in [-0.1, -0.05) is 59.6 Å². The Bertz CT molecular complexity index is 1920. The lowest BCUT2D eigenvalue weighted by Crippen LogP contribution is -2.03. The second kappa shape index (κ2) is 8.31. The first-order chi connectivity index (χ1) is 18.4. The predicted molar refractivity (Wildman–Crippen MR) is 148 cm³/mol. The molecule has 0 saturated heterocycles. The number of carbonyl (C=O) groups is 2. The molecular weight excluding hydrogens is 521 g/mol. The van der Waals surface area contributed by atoms with E-state index in [4.69, 9.17) is 32.6 Å².